The van der Waals surface area contributed by atoms with Crippen LogP contribution in [0.3, 0.4) is 0 Å². The van der Waals surface area contributed by atoms with Gasteiger partial charge in [0.2, 0.25) is 0 Å². The van der Waals surface area contributed by atoms with Gasteiger partial charge in [-0.15, -0.1) is 11.3 Å². The van der Waals surface area contributed by atoms with E-state index in [9.17, 15) is 4.79 Å². The number of hydrogen-bond donors (Lipinski definition) is 1. The number of thioether (sulfide) groups is 1. The quantitative estimate of drug-likeness (QED) is 0.626. The lowest BCUT2D eigenvalue weighted by molar-refractivity contribution is -0.113. The Morgan fingerprint density at radius 3 is 2.71 bits per heavy atom. The molecule has 0 radical (unpaired) electrons. The molecule has 1 N–H and O–H groups in total. The smallest absolute Gasteiger partial charge is 0.273 e. The van der Waals surface area contributed by atoms with E-state index in [1.807, 2.05) is 47.3 Å². The van der Waals surface area contributed by atoms with Crippen molar-refractivity contribution in [1.82, 2.24) is 14.8 Å². The van der Waals surface area contributed by atoms with Gasteiger partial charge in [0.25, 0.3) is 5.91 Å². The number of rotatable bonds is 5. The molecule has 4 rings (SSSR count). The number of thiazole rings is 1. The van der Waals surface area contributed by atoms with Crippen molar-refractivity contribution in [1.29, 1.82) is 5.41 Å². The van der Waals surface area contributed by atoms with Crippen molar-refractivity contribution in [2.24, 2.45) is 5.92 Å². The van der Waals surface area contributed by atoms with Gasteiger partial charge in [0, 0.05) is 23.3 Å². The van der Waals surface area contributed by atoms with Crippen molar-refractivity contribution in [3.05, 3.63) is 64.3 Å². The predicted molar refractivity (Wildman–Crippen MR) is 115 cm³/mol. The standard InChI is InChI=1S/C20H19N5OS2/c1-13(2)10-16-14(12-24(23-16)15-6-4-3-5-7-15)11-17-18(26)25(19(21)28-17)20-22-8-9-27-20/h3-9,11-13,21H,10H2,1-2H3. The van der Waals surface area contributed by atoms with Crippen molar-refractivity contribution in [2.75, 3.05) is 4.90 Å². The Labute approximate surface area is 171 Å². The molecule has 8 heteroatoms. The van der Waals surface area contributed by atoms with Crippen LogP contribution in [-0.2, 0) is 11.2 Å². The van der Waals surface area contributed by atoms with Crippen LogP contribution in [0.1, 0.15) is 25.1 Å². The Kier molecular flexibility index (Phi) is 5.15. The van der Waals surface area contributed by atoms with Gasteiger partial charge in [-0.1, -0.05) is 32.0 Å². The fraction of sp³-hybridized carbons (Fsp3) is 0.200. The third kappa shape index (κ3) is 3.65. The molecule has 0 bridgehead atoms. The third-order valence-electron chi connectivity index (χ3n) is 4.17. The van der Waals surface area contributed by atoms with Crippen LogP contribution in [-0.4, -0.2) is 25.8 Å². The van der Waals surface area contributed by atoms with E-state index in [0.29, 0.717) is 16.0 Å². The fourth-order valence-electron chi connectivity index (χ4n) is 2.93. The maximum absolute atomic E-state index is 12.9. The van der Waals surface area contributed by atoms with E-state index in [4.69, 9.17) is 10.5 Å². The maximum atomic E-state index is 12.9. The lowest BCUT2D eigenvalue weighted by Crippen LogP contribution is -2.27. The van der Waals surface area contributed by atoms with Gasteiger partial charge in [0.15, 0.2) is 10.3 Å². The Balaban J connectivity index is 1.71. The molecule has 1 aliphatic heterocycles. The topological polar surface area (TPSA) is 74.9 Å². The molecule has 3 aromatic rings. The number of nitrogens with zero attached hydrogens (tertiary/aromatic N) is 4. The largest absolute Gasteiger partial charge is 0.278 e. The summed E-state index contributed by atoms with van der Waals surface area (Å²) in [6.07, 6.45) is 6.24. The number of nitrogens with one attached hydrogen (secondary N) is 1. The van der Waals surface area contributed by atoms with Gasteiger partial charge in [-0.05, 0) is 42.3 Å². The Morgan fingerprint density at radius 2 is 2.04 bits per heavy atom. The maximum Gasteiger partial charge on any atom is 0.273 e. The molecule has 0 unspecified atom stereocenters. The first-order valence-corrected chi connectivity index (χ1v) is 10.6. The molecule has 1 saturated heterocycles. The van der Waals surface area contributed by atoms with Gasteiger partial charge >= 0.3 is 0 Å². The number of benzene rings is 1. The summed E-state index contributed by atoms with van der Waals surface area (Å²) in [6.45, 7) is 4.29. The monoisotopic (exact) mass is 409 g/mol. The van der Waals surface area contributed by atoms with Crippen molar-refractivity contribution in [3.8, 4) is 5.69 Å². The molecule has 1 fully saturated rings. The highest BCUT2D eigenvalue weighted by Gasteiger charge is 2.35. The zero-order chi connectivity index (χ0) is 19.7. The van der Waals surface area contributed by atoms with Gasteiger partial charge in [-0.2, -0.15) is 5.10 Å². The summed E-state index contributed by atoms with van der Waals surface area (Å²) in [5.41, 5.74) is 2.82. The molecule has 0 saturated carbocycles. The van der Waals surface area contributed by atoms with Crippen molar-refractivity contribution >= 4 is 45.4 Å². The summed E-state index contributed by atoms with van der Waals surface area (Å²) in [4.78, 5) is 18.9. The molecule has 0 spiro atoms. The van der Waals surface area contributed by atoms with Crippen molar-refractivity contribution < 1.29 is 4.79 Å². The molecular formula is C20H19N5OS2. The normalized spacial score (nSPS) is 16.0. The summed E-state index contributed by atoms with van der Waals surface area (Å²) < 4.78 is 1.85. The number of aromatic nitrogens is 3. The van der Waals surface area contributed by atoms with Crippen LogP contribution in [0.5, 0.6) is 0 Å². The number of carbonyl (C=O) groups excluding carboxylic acids is 1. The molecule has 142 valence electrons. The molecule has 3 heterocycles. The molecule has 0 aliphatic carbocycles. The highest BCUT2D eigenvalue weighted by Crippen LogP contribution is 2.36. The molecule has 1 aromatic carbocycles. The van der Waals surface area contributed by atoms with Crippen LogP contribution in [0.15, 0.2) is 53.0 Å². The first-order valence-electron chi connectivity index (χ1n) is 8.89. The molecule has 1 aliphatic rings. The average Bonchev–Trinajstić information content (AvgIpc) is 3.37. The Morgan fingerprint density at radius 1 is 1.25 bits per heavy atom. The van der Waals surface area contributed by atoms with Crippen LogP contribution in [0.25, 0.3) is 11.8 Å². The highest BCUT2D eigenvalue weighted by atomic mass is 32.2. The first kappa shape index (κ1) is 18.6. The van der Waals surface area contributed by atoms with E-state index >= 15 is 0 Å². The summed E-state index contributed by atoms with van der Waals surface area (Å²) in [5, 5.41) is 15.4. The Bertz CT molecular complexity index is 1040. The number of amidine groups is 1. The minimum Gasteiger partial charge on any atom is -0.278 e. The van der Waals surface area contributed by atoms with E-state index in [1.165, 1.54) is 16.2 Å². The molecule has 2 aromatic heterocycles. The lowest BCUT2D eigenvalue weighted by Gasteiger charge is -2.08. The number of para-hydroxylation sites is 1. The van der Waals surface area contributed by atoms with Gasteiger partial charge in [0.1, 0.15) is 0 Å². The van der Waals surface area contributed by atoms with E-state index in [2.05, 4.69) is 18.8 Å². The number of carbonyl (C=O) groups is 1. The fourth-order valence-corrected chi connectivity index (χ4v) is 4.47. The van der Waals surface area contributed by atoms with Gasteiger partial charge in [-0.25, -0.2) is 14.6 Å². The SMILES string of the molecule is CC(C)Cc1nn(-c2ccccc2)cc1C=C1SC(=N)N(c2nccs2)C1=O. The van der Waals surface area contributed by atoms with E-state index in [1.54, 1.807) is 11.6 Å². The summed E-state index contributed by atoms with van der Waals surface area (Å²) >= 11 is 2.50. The predicted octanol–water partition coefficient (Wildman–Crippen LogP) is 4.58. The minimum atomic E-state index is -0.215. The number of anilines is 1. The lowest BCUT2D eigenvalue weighted by atomic mass is 10.1. The van der Waals surface area contributed by atoms with Crippen LogP contribution in [0.4, 0.5) is 5.13 Å². The van der Waals surface area contributed by atoms with Gasteiger partial charge in [-0.3, -0.25) is 10.2 Å². The molecule has 1 amide bonds. The van der Waals surface area contributed by atoms with E-state index < -0.39 is 0 Å². The van der Waals surface area contributed by atoms with Crippen LogP contribution in [0.2, 0.25) is 0 Å². The Hall–Kier alpha value is -2.71. The third-order valence-corrected chi connectivity index (χ3v) is 5.81. The van der Waals surface area contributed by atoms with Crippen LogP contribution < -0.4 is 4.90 Å². The zero-order valence-electron chi connectivity index (χ0n) is 15.5. The summed E-state index contributed by atoms with van der Waals surface area (Å²) in [7, 11) is 0. The van der Waals surface area contributed by atoms with Crippen molar-refractivity contribution in [3.63, 3.8) is 0 Å². The minimum absolute atomic E-state index is 0.173. The van der Waals surface area contributed by atoms with Crippen molar-refractivity contribution in [2.45, 2.75) is 20.3 Å². The van der Waals surface area contributed by atoms with Crippen LogP contribution in [0, 0.1) is 11.3 Å². The second kappa shape index (κ2) is 7.73. The molecular weight excluding hydrogens is 390 g/mol. The zero-order valence-corrected chi connectivity index (χ0v) is 17.1. The first-order chi connectivity index (χ1) is 13.5. The number of hydrogen-bond acceptors (Lipinski definition) is 6. The second-order valence-corrected chi connectivity index (χ2v) is 8.68. The molecule has 0 atom stereocenters. The van der Waals surface area contributed by atoms with Gasteiger partial charge in [0.05, 0.1) is 16.3 Å². The van der Waals surface area contributed by atoms with E-state index in [0.717, 1.165) is 35.1 Å². The van der Waals surface area contributed by atoms with Gasteiger partial charge < -0.3 is 0 Å². The highest BCUT2D eigenvalue weighted by molar-refractivity contribution is 8.19. The number of amides is 1. The average molecular weight is 410 g/mol. The summed E-state index contributed by atoms with van der Waals surface area (Å²) in [6, 6.07) is 9.91. The summed E-state index contributed by atoms with van der Waals surface area (Å²) in [5.74, 6) is 0.223. The second-order valence-electron chi connectivity index (χ2n) is 6.78. The van der Waals surface area contributed by atoms with Crippen LogP contribution >= 0.6 is 23.1 Å². The van der Waals surface area contributed by atoms with E-state index in [-0.39, 0.29) is 11.1 Å². The molecule has 6 nitrogen and oxygen atoms in total. The molecule has 28 heavy (non-hydrogen) atoms.